The number of hydrogen-bond acceptors (Lipinski definition) is 5. The molecular formula is C16H12F2N2OS3. The molecule has 0 bridgehead atoms. The summed E-state index contributed by atoms with van der Waals surface area (Å²) >= 11 is 3.39. The van der Waals surface area contributed by atoms with Crippen LogP contribution in [0.25, 0.3) is 9.88 Å². The fourth-order valence-corrected chi connectivity index (χ4v) is 4.28. The minimum atomic E-state index is -2.46. The van der Waals surface area contributed by atoms with E-state index >= 15 is 0 Å². The number of anilines is 1. The monoisotopic (exact) mass is 382 g/mol. The van der Waals surface area contributed by atoms with Gasteiger partial charge in [0.25, 0.3) is 11.7 Å². The summed E-state index contributed by atoms with van der Waals surface area (Å²) in [4.78, 5) is 18.9. The van der Waals surface area contributed by atoms with E-state index in [0.717, 1.165) is 9.88 Å². The summed E-state index contributed by atoms with van der Waals surface area (Å²) < 4.78 is 24.6. The first-order valence-corrected chi connectivity index (χ1v) is 9.48. The molecule has 1 aromatic carbocycles. The molecule has 0 aliphatic heterocycles. The summed E-state index contributed by atoms with van der Waals surface area (Å²) in [6.45, 7) is 1.80. The van der Waals surface area contributed by atoms with Gasteiger partial charge in [-0.15, -0.1) is 22.7 Å². The van der Waals surface area contributed by atoms with Gasteiger partial charge in [0.1, 0.15) is 9.88 Å². The summed E-state index contributed by atoms with van der Waals surface area (Å²) in [5, 5.41) is 5.56. The first-order chi connectivity index (χ1) is 11.5. The first kappa shape index (κ1) is 17.1. The topological polar surface area (TPSA) is 42.0 Å². The molecule has 0 aliphatic rings. The van der Waals surface area contributed by atoms with Crippen molar-refractivity contribution in [2.45, 2.75) is 17.6 Å². The molecule has 2 aromatic heterocycles. The number of alkyl halides is 2. The van der Waals surface area contributed by atoms with Crippen molar-refractivity contribution >= 4 is 46.0 Å². The van der Waals surface area contributed by atoms with Crippen LogP contribution in [0.5, 0.6) is 0 Å². The van der Waals surface area contributed by atoms with Gasteiger partial charge in [-0.1, -0.05) is 17.8 Å². The zero-order valence-electron chi connectivity index (χ0n) is 12.5. The van der Waals surface area contributed by atoms with E-state index in [1.165, 1.54) is 11.3 Å². The quantitative estimate of drug-likeness (QED) is 0.572. The Morgan fingerprint density at radius 3 is 2.62 bits per heavy atom. The molecule has 0 radical (unpaired) electrons. The lowest BCUT2D eigenvalue weighted by Crippen LogP contribution is -2.11. The lowest BCUT2D eigenvalue weighted by Gasteiger charge is -2.05. The van der Waals surface area contributed by atoms with Crippen LogP contribution in [0, 0.1) is 6.92 Å². The van der Waals surface area contributed by atoms with Crippen LogP contribution in [0.3, 0.4) is 0 Å². The van der Waals surface area contributed by atoms with Gasteiger partial charge in [-0.3, -0.25) is 4.79 Å². The van der Waals surface area contributed by atoms with E-state index in [0.29, 0.717) is 32.9 Å². The van der Waals surface area contributed by atoms with Crippen molar-refractivity contribution in [1.82, 2.24) is 4.98 Å². The molecule has 1 amide bonds. The number of rotatable bonds is 5. The zero-order chi connectivity index (χ0) is 17.1. The van der Waals surface area contributed by atoms with Crippen LogP contribution >= 0.6 is 34.4 Å². The predicted molar refractivity (Wildman–Crippen MR) is 96.4 cm³/mol. The van der Waals surface area contributed by atoms with Gasteiger partial charge in [0.05, 0.1) is 10.6 Å². The second-order valence-electron chi connectivity index (χ2n) is 4.77. The van der Waals surface area contributed by atoms with Crippen molar-refractivity contribution in [3.05, 3.63) is 52.3 Å². The Kier molecular flexibility index (Phi) is 5.27. The van der Waals surface area contributed by atoms with Gasteiger partial charge < -0.3 is 5.32 Å². The Morgan fingerprint density at radius 1 is 1.25 bits per heavy atom. The number of nitrogens with zero attached hydrogens (tertiary/aromatic N) is 1. The van der Waals surface area contributed by atoms with E-state index < -0.39 is 5.76 Å². The second-order valence-corrected chi connectivity index (χ2v) is 7.78. The highest BCUT2D eigenvalue weighted by molar-refractivity contribution is 7.99. The Labute approximate surface area is 149 Å². The molecule has 124 valence electrons. The predicted octanol–water partition coefficient (Wildman–Crippen LogP) is 5.75. The number of thiophene rings is 1. The van der Waals surface area contributed by atoms with Crippen molar-refractivity contribution in [3.63, 3.8) is 0 Å². The molecule has 0 aliphatic carbocycles. The SMILES string of the molecule is Cc1nc(-c2cccs2)sc1C(=O)Nc1ccc(SC(F)F)cc1. The van der Waals surface area contributed by atoms with E-state index in [2.05, 4.69) is 10.3 Å². The van der Waals surface area contributed by atoms with E-state index in [1.807, 2.05) is 17.5 Å². The van der Waals surface area contributed by atoms with Gasteiger partial charge in [0, 0.05) is 10.6 Å². The summed E-state index contributed by atoms with van der Waals surface area (Å²) in [5.41, 5.74) is 1.23. The van der Waals surface area contributed by atoms with Crippen LogP contribution in [0.2, 0.25) is 0 Å². The summed E-state index contributed by atoms with van der Waals surface area (Å²) in [6.07, 6.45) is 0. The Hall–Kier alpha value is -1.77. The maximum Gasteiger partial charge on any atom is 0.288 e. The molecule has 8 heteroatoms. The Morgan fingerprint density at radius 2 is 2.00 bits per heavy atom. The minimum Gasteiger partial charge on any atom is -0.321 e. The van der Waals surface area contributed by atoms with Gasteiger partial charge in [0.2, 0.25) is 0 Å². The van der Waals surface area contributed by atoms with E-state index in [-0.39, 0.29) is 5.91 Å². The number of nitrogens with one attached hydrogen (secondary N) is 1. The smallest absolute Gasteiger partial charge is 0.288 e. The highest BCUT2D eigenvalue weighted by atomic mass is 32.2. The number of carbonyl (C=O) groups excluding carboxylic acids is 1. The number of aryl methyl sites for hydroxylation is 1. The number of benzene rings is 1. The summed E-state index contributed by atoms with van der Waals surface area (Å²) in [5.74, 6) is -2.71. The summed E-state index contributed by atoms with van der Waals surface area (Å²) in [7, 11) is 0. The molecular weight excluding hydrogens is 370 g/mol. The van der Waals surface area contributed by atoms with Gasteiger partial charge in [-0.2, -0.15) is 8.78 Å². The number of carbonyl (C=O) groups is 1. The minimum absolute atomic E-state index is 0.248. The van der Waals surface area contributed by atoms with Crippen molar-refractivity contribution in [1.29, 1.82) is 0 Å². The van der Waals surface area contributed by atoms with Crippen molar-refractivity contribution in [3.8, 4) is 9.88 Å². The molecule has 0 atom stereocenters. The first-order valence-electron chi connectivity index (χ1n) is 6.90. The molecule has 0 unspecified atom stereocenters. The molecule has 0 fully saturated rings. The fraction of sp³-hybridized carbons (Fsp3) is 0.125. The van der Waals surface area contributed by atoms with E-state index in [1.54, 1.807) is 42.5 Å². The fourth-order valence-electron chi connectivity index (χ4n) is 2.02. The van der Waals surface area contributed by atoms with Crippen LogP contribution in [0.15, 0.2) is 46.7 Å². The number of thiazole rings is 1. The number of halogens is 2. The zero-order valence-corrected chi connectivity index (χ0v) is 14.9. The normalized spacial score (nSPS) is 11.0. The lowest BCUT2D eigenvalue weighted by molar-refractivity contribution is 0.103. The Balaban J connectivity index is 1.73. The maximum absolute atomic E-state index is 12.4. The summed E-state index contributed by atoms with van der Waals surface area (Å²) in [6, 6.07) is 10.2. The van der Waals surface area contributed by atoms with Crippen molar-refractivity contribution < 1.29 is 13.6 Å². The molecule has 24 heavy (non-hydrogen) atoms. The van der Waals surface area contributed by atoms with Gasteiger partial charge in [-0.25, -0.2) is 4.98 Å². The number of amides is 1. The number of thioether (sulfide) groups is 1. The van der Waals surface area contributed by atoms with E-state index in [4.69, 9.17) is 0 Å². The Bertz CT molecular complexity index is 830. The van der Waals surface area contributed by atoms with Crippen molar-refractivity contribution in [2.75, 3.05) is 5.32 Å². The van der Waals surface area contributed by atoms with Crippen LogP contribution in [0.1, 0.15) is 15.4 Å². The molecule has 3 aromatic rings. The molecule has 0 spiro atoms. The third-order valence-electron chi connectivity index (χ3n) is 3.07. The molecule has 0 saturated heterocycles. The van der Waals surface area contributed by atoms with Crippen molar-refractivity contribution in [2.24, 2.45) is 0 Å². The third-order valence-corrected chi connectivity index (χ3v) is 5.99. The second kappa shape index (κ2) is 7.42. The maximum atomic E-state index is 12.4. The standard InChI is InChI=1S/C16H12F2N2OS3/c1-9-13(24-15(19-9)12-3-2-8-22-12)14(21)20-10-4-6-11(7-5-10)23-16(17)18/h2-8,16H,1H3,(H,20,21). The van der Waals surface area contributed by atoms with Gasteiger partial charge in [-0.05, 0) is 42.6 Å². The molecule has 1 N–H and O–H groups in total. The lowest BCUT2D eigenvalue weighted by atomic mass is 10.3. The third kappa shape index (κ3) is 4.00. The molecule has 3 rings (SSSR count). The molecule has 0 saturated carbocycles. The van der Waals surface area contributed by atoms with Gasteiger partial charge in [0.15, 0.2) is 0 Å². The largest absolute Gasteiger partial charge is 0.321 e. The number of aromatic nitrogens is 1. The highest BCUT2D eigenvalue weighted by Crippen LogP contribution is 2.31. The van der Waals surface area contributed by atoms with Crippen LogP contribution < -0.4 is 5.32 Å². The average molecular weight is 382 g/mol. The van der Waals surface area contributed by atoms with Crippen LogP contribution in [-0.2, 0) is 0 Å². The van der Waals surface area contributed by atoms with Crippen LogP contribution in [0.4, 0.5) is 14.5 Å². The van der Waals surface area contributed by atoms with Crippen LogP contribution in [-0.4, -0.2) is 16.6 Å². The van der Waals surface area contributed by atoms with E-state index in [9.17, 15) is 13.6 Å². The number of hydrogen-bond donors (Lipinski definition) is 1. The molecule has 2 heterocycles. The average Bonchev–Trinajstić information content (AvgIpc) is 3.18. The molecule has 3 nitrogen and oxygen atoms in total. The highest BCUT2D eigenvalue weighted by Gasteiger charge is 2.17. The van der Waals surface area contributed by atoms with Gasteiger partial charge >= 0.3 is 0 Å².